The molecule has 2 saturated heterocycles. The normalized spacial score (nSPS) is 25.6. The van der Waals surface area contributed by atoms with Crippen LogP contribution in [0.2, 0.25) is 0 Å². The number of para-hydroxylation sites is 1. The fraction of sp³-hybridized carbons (Fsp3) is 0.632. The van der Waals surface area contributed by atoms with Gasteiger partial charge in [-0.25, -0.2) is 13.1 Å². The summed E-state index contributed by atoms with van der Waals surface area (Å²) >= 11 is 0. The zero-order chi connectivity index (χ0) is 20.9. The Morgan fingerprint density at radius 2 is 2.00 bits per heavy atom. The predicted molar refractivity (Wildman–Crippen MR) is 104 cm³/mol. The molecular formula is C19H28N2O7S. The van der Waals surface area contributed by atoms with Crippen molar-refractivity contribution in [2.75, 3.05) is 40.0 Å². The molecule has 10 heteroatoms. The van der Waals surface area contributed by atoms with Crippen LogP contribution < -0.4 is 9.46 Å². The molecule has 9 nitrogen and oxygen atoms in total. The Labute approximate surface area is 171 Å². The van der Waals surface area contributed by atoms with Crippen molar-refractivity contribution in [1.82, 2.24) is 9.62 Å². The van der Waals surface area contributed by atoms with Gasteiger partial charge in [0.15, 0.2) is 0 Å². The maximum atomic E-state index is 12.8. The first-order chi connectivity index (χ1) is 13.9. The Bertz CT molecular complexity index is 796. The number of benzene rings is 1. The van der Waals surface area contributed by atoms with Gasteiger partial charge in [0.2, 0.25) is 15.9 Å². The summed E-state index contributed by atoms with van der Waals surface area (Å²) in [5.41, 5.74) is 0. The number of rotatable bonds is 7. The van der Waals surface area contributed by atoms with Gasteiger partial charge in [-0.05, 0) is 25.0 Å². The van der Waals surface area contributed by atoms with Crippen LogP contribution in [0, 0.1) is 0 Å². The van der Waals surface area contributed by atoms with Crippen LogP contribution in [0.3, 0.4) is 0 Å². The number of nitrogens with one attached hydrogen (secondary N) is 1. The predicted octanol–water partition coefficient (Wildman–Crippen LogP) is 0.131. The van der Waals surface area contributed by atoms with Crippen molar-refractivity contribution >= 4 is 15.9 Å². The van der Waals surface area contributed by atoms with Gasteiger partial charge in [0.25, 0.3) is 0 Å². The molecule has 0 saturated carbocycles. The van der Waals surface area contributed by atoms with E-state index in [1.807, 2.05) is 0 Å². The van der Waals surface area contributed by atoms with E-state index in [9.17, 15) is 18.3 Å². The van der Waals surface area contributed by atoms with Crippen LogP contribution in [0.15, 0.2) is 29.2 Å². The molecule has 0 bridgehead atoms. The van der Waals surface area contributed by atoms with Crippen LogP contribution in [0.5, 0.6) is 5.75 Å². The number of amides is 1. The topological polar surface area (TPSA) is 114 Å². The molecule has 2 aliphatic rings. The van der Waals surface area contributed by atoms with Gasteiger partial charge in [0.1, 0.15) is 10.6 Å². The quantitative estimate of drug-likeness (QED) is 0.634. The highest BCUT2D eigenvalue weighted by Crippen LogP contribution is 2.27. The Hall–Kier alpha value is -1.72. The van der Waals surface area contributed by atoms with Crippen LogP contribution in [0.1, 0.15) is 19.3 Å². The smallest absolute Gasteiger partial charge is 0.244 e. The Morgan fingerprint density at radius 3 is 2.69 bits per heavy atom. The lowest BCUT2D eigenvalue weighted by molar-refractivity contribution is -0.143. The van der Waals surface area contributed by atoms with E-state index in [1.54, 1.807) is 23.1 Å². The van der Waals surface area contributed by atoms with E-state index < -0.39 is 22.2 Å². The molecule has 1 amide bonds. The number of ether oxygens (including phenoxy) is 3. The third-order valence-corrected chi connectivity index (χ3v) is 6.76. The molecule has 2 fully saturated rings. The first-order valence-corrected chi connectivity index (χ1v) is 11.2. The number of aliphatic hydroxyl groups excluding tert-OH is 1. The van der Waals surface area contributed by atoms with E-state index in [1.165, 1.54) is 13.2 Å². The third kappa shape index (κ3) is 5.46. The minimum absolute atomic E-state index is 0.0111. The van der Waals surface area contributed by atoms with Gasteiger partial charge in [-0.1, -0.05) is 12.1 Å². The molecule has 3 rings (SSSR count). The summed E-state index contributed by atoms with van der Waals surface area (Å²) in [5.74, 6) is 0.231. The molecule has 0 aliphatic carbocycles. The largest absolute Gasteiger partial charge is 0.495 e. The molecular weight excluding hydrogens is 400 g/mol. The van der Waals surface area contributed by atoms with Gasteiger partial charge in [-0.15, -0.1) is 0 Å². The lowest BCUT2D eigenvalue weighted by Gasteiger charge is -2.36. The number of methoxy groups -OCH3 is 1. The third-order valence-electron chi connectivity index (χ3n) is 5.23. The lowest BCUT2D eigenvalue weighted by atomic mass is 9.97. The van der Waals surface area contributed by atoms with Crippen LogP contribution in [-0.4, -0.2) is 82.6 Å². The molecule has 0 unspecified atom stereocenters. The Kier molecular flexibility index (Phi) is 7.47. The van der Waals surface area contributed by atoms with Crippen LogP contribution in [0.4, 0.5) is 0 Å². The maximum Gasteiger partial charge on any atom is 0.244 e. The lowest BCUT2D eigenvalue weighted by Crippen LogP contribution is -2.51. The van der Waals surface area contributed by atoms with Crippen molar-refractivity contribution in [3.63, 3.8) is 0 Å². The first kappa shape index (κ1) is 22.0. The van der Waals surface area contributed by atoms with Crippen LogP contribution >= 0.6 is 0 Å². The highest BCUT2D eigenvalue weighted by molar-refractivity contribution is 7.89. The zero-order valence-corrected chi connectivity index (χ0v) is 17.3. The average molecular weight is 429 g/mol. The van der Waals surface area contributed by atoms with Crippen LogP contribution in [0.25, 0.3) is 0 Å². The summed E-state index contributed by atoms with van der Waals surface area (Å²) in [6.45, 7) is 1.85. The van der Waals surface area contributed by atoms with Gasteiger partial charge >= 0.3 is 0 Å². The molecule has 162 valence electrons. The number of carbonyl (C=O) groups excluding carboxylic acids is 1. The fourth-order valence-corrected chi connectivity index (χ4v) is 5.13. The van der Waals surface area contributed by atoms with E-state index in [2.05, 4.69) is 4.72 Å². The van der Waals surface area contributed by atoms with Crippen molar-refractivity contribution in [2.45, 2.75) is 42.4 Å². The molecule has 2 N–H and O–H groups in total. The number of nitrogens with zero attached hydrogens (tertiary/aromatic N) is 1. The summed E-state index contributed by atoms with van der Waals surface area (Å²) in [7, 11) is -2.45. The minimum Gasteiger partial charge on any atom is -0.495 e. The number of carbonyl (C=O) groups is 1. The van der Waals surface area contributed by atoms with Crippen LogP contribution in [-0.2, 0) is 24.3 Å². The second kappa shape index (κ2) is 9.86. The summed E-state index contributed by atoms with van der Waals surface area (Å²) in [6.07, 6.45) is 0.111. The monoisotopic (exact) mass is 428 g/mol. The number of aliphatic hydroxyl groups is 1. The van der Waals surface area contributed by atoms with Crippen molar-refractivity contribution in [3.8, 4) is 5.75 Å². The number of hydrogen-bond donors (Lipinski definition) is 2. The summed E-state index contributed by atoms with van der Waals surface area (Å²) in [5, 5.41) is 9.73. The van der Waals surface area contributed by atoms with E-state index in [4.69, 9.17) is 14.2 Å². The second-order valence-electron chi connectivity index (χ2n) is 7.13. The van der Waals surface area contributed by atoms with E-state index in [-0.39, 0.29) is 35.7 Å². The molecule has 2 heterocycles. The average Bonchev–Trinajstić information content (AvgIpc) is 2.75. The number of hydrogen-bond acceptors (Lipinski definition) is 7. The van der Waals surface area contributed by atoms with Gasteiger partial charge in [-0.3, -0.25) is 4.79 Å². The van der Waals surface area contributed by atoms with Crippen molar-refractivity contribution < 1.29 is 32.5 Å². The second-order valence-corrected chi connectivity index (χ2v) is 8.81. The molecule has 29 heavy (non-hydrogen) atoms. The highest BCUT2D eigenvalue weighted by atomic mass is 32.2. The van der Waals surface area contributed by atoms with E-state index in [0.29, 0.717) is 39.1 Å². The zero-order valence-electron chi connectivity index (χ0n) is 16.5. The van der Waals surface area contributed by atoms with Gasteiger partial charge in [0, 0.05) is 13.1 Å². The number of sulfonamides is 1. The molecule has 0 radical (unpaired) electrons. The standard InChI is InChI=1S/C19H28N2O7S/c1-26-16-4-2-3-5-18(16)29(24,25)20-15-7-6-14(28-17(15)13-22)12-19(23)21-8-10-27-11-9-21/h2-5,14-15,17,20,22H,6-13H2,1H3/t14-,15-,17-/m1/s1. The molecule has 0 spiro atoms. The first-order valence-electron chi connectivity index (χ1n) is 9.72. The molecule has 1 aromatic rings. The molecule has 1 aromatic carbocycles. The van der Waals surface area contributed by atoms with Crippen molar-refractivity contribution in [2.24, 2.45) is 0 Å². The molecule has 2 aliphatic heterocycles. The van der Waals surface area contributed by atoms with Gasteiger partial charge in [0.05, 0.1) is 51.6 Å². The highest BCUT2D eigenvalue weighted by Gasteiger charge is 2.36. The molecule has 0 aromatic heterocycles. The summed E-state index contributed by atoms with van der Waals surface area (Å²) in [6, 6.07) is 5.75. The number of morpholine rings is 1. The maximum absolute atomic E-state index is 12.8. The summed E-state index contributed by atoms with van der Waals surface area (Å²) < 4.78 is 44.5. The fourth-order valence-electron chi connectivity index (χ4n) is 3.66. The summed E-state index contributed by atoms with van der Waals surface area (Å²) in [4.78, 5) is 14.2. The SMILES string of the molecule is COc1ccccc1S(=O)(=O)N[C@@H]1CC[C@H](CC(=O)N2CCOCC2)O[C@@H]1CO. The minimum atomic E-state index is -3.86. The Balaban J connectivity index is 1.61. The van der Waals surface area contributed by atoms with Gasteiger partial charge < -0.3 is 24.2 Å². The Morgan fingerprint density at radius 1 is 1.28 bits per heavy atom. The van der Waals surface area contributed by atoms with E-state index >= 15 is 0 Å². The van der Waals surface area contributed by atoms with Gasteiger partial charge in [-0.2, -0.15) is 0 Å². The van der Waals surface area contributed by atoms with E-state index in [0.717, 1.165) is 0 Å². The van der Waals surface area contributed by atoms with Crippen molar-refractivity contribution in [3.05, 3.63) is 24.3 Å². The van der Waals surface area contributed by atoms with Crippen molar-refractivity contribution in [1.29, 1.82) is 0 Å². The molecule has 3 atom stereocenters.